The van der Waals surface area contributed by atoms with Crippen molar-refractivity contribution < 1.29 is 23.8 Å². The van der Waals surface area contributed by atoms with Crippen LogP contribution in [0.25, 0.3) is 0 Å². The summed E-state index contributed by atoms with van der Waals surface area (Å²) in [6.45, 7) is 4.27. The van der Waals surface area contributed by atoms with Crippen molar-refractivity contribution in [2.75, 3.05) is 53.2 Å². The number of nitrogens with one attached hydrogen (secondary N) is 3. The van der Waals surface area contributed by atoms with Crippen molar-refractivity contribution in [3.05, 3.63) is 35.5 Å². The monoisotopic (exact) mass is 485 g/mol. The highest BCUT2D eigenvalue weighted by Crippen LogP contribution is 2.35. The van der Waals surface area contributed by atoms with Gasteiger partial charge < -0.3 is 24.4 Å². The molecule has 2 amide bonds. The fourth-order valence-corrected chi connectivity index (χ4v) is 4.65. The highest BCUT2D eigenvalue weighted by molar-refractivity contribution is 5.96. The third kappa shape index (κ3) is 5.04. The number of nitrogens with zero attached hydrogens (tertiary/aromatic N) is 4. The van der Waals surface area contributed by atoms with Crippen LogP contribution in [-0.4, -0.2) is 90.6 Å². The maximum atomic E-state index is 12.8. The van der Waals surface area contributed by atoms with Crippen molar-refractivity contribution in [2.24, 2.45) is 7.05 Å². The molecule has 0 bridgehead atoms. The van der Waals surface area contributed by atoms with Crippen LogP contribution in [0.15, 0.2) is 24.4 Å². The number of hydrogen-bond acceptors (Lipinski definition) is 9. The Kier molecular flexibility index (Phi) is 6.75. The molecule has 3 aliphatic rings. The van der Waals surface area contributed by atoms with Crippen LogP contribution in [0.2, 0.25) is 0 Å². The predicted octanol–water partition coefficient (Wildman–Crippen LogP) is -0.361. The van der Waals surface area contributed by atoms with Crippen molar-refractivity contribution in [3.63, 3.8) is 0 Å². The van der Waals surface area contributed by atoms with Gasteiger partial charge in [-0.1, -0.05) is 6.07 Å². The highest BCUT2D eigenvalue weighted by Gasteiger charge is 2.31. The molecule has 188 valence electrons. The first-order valence-electron chi connectivity index (χ1n) is 11.8. The van der Waals surface area contributed by atoms with Crippen molar-refractivity contribution in [1.29, 1.82) is 0 Å². The maximum Gasteiger partial charge on any atom is 0.261 e. The second-order valence-electron chi connectivity index (χ2n) is 8.89. The van der Waals surface area contributed by atoms with Gasteiger partial charge in [0, 0.05) is 58.6 Å². The number of aryl methyl sites for hydroxylation is 1. The summed E-state index contributed by atoms with van der Waals surface area (Å²) >= 11 is 0. The number of fused-ring (bicyclic) bond motifs is 1. The molecule has 0 saturated carbocycles. The highest BCUT2D eigenvalue weighted by atomic mass is 16.7. The van der Waals surface area contributed by atoms with Gasteiger partial charge in [0.2, 0.25) is 18.6 Å². The molecule has 3 aliphatic heterocycles. The summed E-state index contributed by atoms with van der Waals surface area (Å²) in [7, 11) is 3.28. The van der Waals surface area contributed by atoms with Crippen LogP contribution in [0.3, 0.4) is 0 Å². The van der Waals surface area contributed by atoms with Crippen molar-refractivity contribution in [3.8, 4) is 17.4 Å². The lowest BCUT2D eigenvalue weighted by molar-refractivity contribution is -0.122. The van der Waals surface area contributed by atoms with Gasteiger partial charge in [-0.3, -0.25) is 19.2 Å². The number of benzene rings is 1. The molecule has 5 rings (SSSR count). The average Bonchev–Trinajstić information content (AvgIpc) is 3.62. The van der Waals surface area contributed by atoms with E-state index in [1.54, 1.807) is 17.9 Å². The Morgan fingerprint density at radius 2 is 1.97 bits per heavy atom. The van der Waals surface area contributed by atoms with Gasteiger partial charge >= 0.3 is 0 Å². The van der Waals surface area contributed by atoms with Crippen LogP contribution in [0, 0.1) is 0 Å². The first-order valence-corrected chi connectivity index (χ1v) is 11.8. The number of ether oxygens (including phenoxy) is 3. The van der Waals surface area contributed by atoms with Crippen LogP contribution >= 0.6 is 0 Å². The minimum Gasteiger partial charge on any atom is -0.479 e. The Morgan fingerprint density at radius 3 is 2.77 bits per heavy atom. The SMILES string of the molecule is COc1nn(C)cc1C(=O)N1CCN(CCNC(=O)C2CC(c3ccc4c(c3)OCO4)NN2)CC1. The van der Waals surface area contributed by atoms with E-state index in [1.165, 1.54) is 7.11 Å². The average molecular weight is 486 g/mol. The first kappa shape index (κ1) is 23.4. The Morgan fingerprint density at radius 1 is 1.17 bits per heavy atom. The molecule has 0 radical (unpaired) electrons. The smallest absolute Gasteiger partial charge is 0.261 e. The lowest BCUT2D eigenvalue weighted by Gasteiger charge is -2.34. The van der Waals surface area contributed by atoms with Gasteiger partial charge in [-0.2, -0.15) is 0 Å². The van der Waals surface area contributed by atoms with Crippen molar-refractivity contribution in [2.45, 2.75) is 18.5 Å². The molecule has 12 nitrogen and oxygen atoms in total. The molecule has 0 aliphatic carbocycles. The van der Waals surface area contributed by atoms with Crippen LogP contribution in [0.4, 0.5) is 0 Å². The van der Waals surface area contributed by atoms with Gasteiger partial charge in [0.25, 0.3) is 5.91 Å². The number of amides is 2. The molecule has 0 spiro atoms. The second kappa shape index (κ2) is 10.1. The zero-order chi connectivity index (χ0) is 24.4. The lowest BCUT2D eigenvalue weighted by atomic mass is 10.0. The number of hydrazine groups is 1. The van der Waals surface area contributed by atoms with Gasteiger partial charge in [0.15, 0.2) is 11.5 Å². The van der Waals surface area contributed by atoms with Gasteiger partial charge in [-0.15, -0.1) is 5.10 Å². The molecule has 35 heavy (non-hydrogen) atoms. The number of rotatable bonds is 7. The van der Waals surface area contributed by atoms with E-state index < -0.39 is 0 Å². The molecule has 2 atom stereocenters. The van der Waals surface area contributed by atoms with E-state index in [1.807, 2.05) is 23.1 Å². The predicted molar refractivity (Wildman–Crippen MR) is 125 cm³/mol. The Labute approximate surface area is 203 Å². The summed E-state index contributed by atoms with van der Waals surface area (Å²) in [4.78, 5) is 29.6. The third-order valence-corrected chi connectivity index (χ3v) is 6.62. The summed E-state index contributed by atoms with van der Waals surface area (Å²) in [5, 5.41) is 7.19. The Balaban J connectivity index is 1.03. The third-order valence-electron chi connectivity index (χ3n) is 6.62. The quantitative estimate of drug-likeness (QED) is 0.483. The van der Waals surface area contributed by atoms with Crippen LogP contribution < -0.4 is 30.4 Å². The Bertz CT molecular complexity index is 1080. The van der Waals surface area contributed by atoms with Crippen LogP contribution in [0.5, 0.6) is 17.4 Å². The van der Waals surface area contributed by atoms with Crippen LogP contribution in [0.1, 0.15) is 28.4 Å². The summed E-state index contributed by atoms with van der Waals surface area (Å²) in [6.07, 6.45) is 2.33. The number of hydrogen-bond donors (Lipinski definition) is 3. The minimum atomic E-state index is -0.311. The molecular formula is C23H31N7O5. The van der Waals surface area contributed by atoms with Crippen molar-refractivity contribution in [1.82, 2.24) is 35.7 Å². The molecule has 1 aromatic heterocycles. The number of piperazine rings is 1. The van der Waals surface area contributed by atoms with Gasteiger partial charge in [0.1, 0.15) is 11.6 Å². The fourth-order valence-electron chi connectivity index (χ4n) is 4.65. The zero-order valence-electron chi connectivity index (χ0n) is 20.0. The largest absolute Gasteiger partial charge is 0.479 e. The molecule has 2 unspecified atom stereocenters. The lowest BCUT2D eigenvalue weighted by Crippen LogP contribution is -2.51. The molecule has 3 N–H and O–H groups in total. The van der Waals surface area contributed by atoms with Crippen molar-refractivity contribution >= 4 is 11.8 Å². The van der Waals surface area contributed by atoms with E-state index >= 15 is 0 Å². The summed E-state index contributed by atoms with van der Waals surface area (Å²) in [6, 6.07) is 5.55. The van der Waals surface area contributed by atoms with E-state index in [0.717, 1.165) is 36.7 Å². The van der Waals surface area contributed by atoms with Gasteiger partial charge in [-0.05, 0) is 24.1 Å². The molecular weight excluding hydrogens is 454 g/mol. The number of carbonyl (C=O) groups excluding carboxylic acids is 2. The number of aromatic nitrogens is 2. The normalized spacial score (nSPS) is 21.8. The van der Waals surface area contributed by atoms with E-state index in [-0.39, 0.29) is 30.7 Å². The Hall–Kier alpha value is -3.35. The van der Waals surface area contributed by atoms with Gasteiger partial charge in [-0.25, -0.2) is 10.9 Å². The molecule has 2 aromatic rings. The number of carbonyl (C=O) groups is 2. The standard InChI is InChI=1S/C23H31N7O5/c1-28-13-16(22(27-28)33-2)23(32)30-9-7-29(8-10-30)6-5-24-21(31)18-12-17(25-26-18)15-3-4-19-20(11-15)35-14-34-19/h3-4,11,13,17-18,25-26H,5-10,12,14H2,1-2H3,(H,24,31). The summed E-state index contributed by atoms with van der Waals surface area (Å²) in [5.41, 5.74) is 7.83. The van der Waals surface area contributed by atoms with E-state index in [9.17, 15) is 9.59 Å². The molecule has 4 heterocycles. The maximum absolute atomic E-state index is 12.8. The first-order chi connectivity index (χ1) is 17.0. The minimum absolute atomic E-state index is 0.0179. The van der Waals surface area contributed by atoms with Gasteiger partial charge in [0.05, 0.1) is 7.11 Å². The van der Waals surface area contributed by atoms with E-state index in [2.05, 4.69) is 26.2 Å². The van der Waals surface area contributed by atoms with E-state index in [4.69, 9.17) is 14.2 Å². The summed E-state index contributed by atoms with van der Waals surface area (Å²) in [5.74, 6) is 1.73. The van der Waals surface area contributed by atoms with E-state index in [0.29, 0.717) is 37.5 Å². The molecule has 2 fully saturated rings. The zero-order valence-corrected chi connectivity index (χ0v) is 20.0. The molecule has 2 saturated heterocycles. The molecule has 12 heteroatoms. The summed E-state index contributed by atoms with van der Waals surface area (Å²) < 4.78 is 17.6. The molecule has 1 aromatic carbocycles. The van der Waals surface area contributed by atoms with Crippen LogP contribution in [-0.2, 0) is 11.8 Å². The second-order valence-corrected chi connectivity index (χ2v) is 8.89. The fraction of sp³-hybridized carbons (Fsp3) is 0.522. The topological polar surface area (TPSA) is 122 Å². The number of methoxy groups -OCH3 is 1.